The van der Waals surface area contributed by atoms with Gasteiger partial charge in [-0.25, -0.2) is 9.78 Å². The van der Waals surface area contributed by atoms with E-state index in [9.17, 15) is 9.90 Å². The van der Waals surface area contributed by atoms with Gasteiger partial charge in [-0.1, -0.05) is 29.8 Å². The normalized spacial score (nSPS) is 11.1. The van der Waals surface area contributed by atoms with Gasteiger partial charge in [0.2, 0.25) is 11.7 Å². The SMILES string of the molecule is Cc1cc(-c2nc(CC(C)C)c(C(=O)O)o2)ccc1Br. The highest BCUT2D eigenvalue weighted by Crippen LogP contribution is 2.27. The lowest BCUT2D eigenvalue weighted by molar-refractivity contribution is 0.0661. The van der Waals surface area contributed by atoms with Crippen LogP contribution in [-0.4, -0.2) is 16.1 Å². The summed E-state index contributed by atoms with van der Waals surface area (Å²) in [5.74, 6) is -0.464. The highest BCUT2D eigenvalue weighted by Gasteiger charge is 2.21. The average molecular weight is 338 g/mol. The van der Waals surface area contributed by atoms with E-state index in [4.69, 9.17) is 4.42 Å². The minimum Gasteiger partial charge on any atom is -0.475 e. The molecule has 0 aliphatic heterocycles. The Labute approximate surface area is 126 Å². The van der Waals surface area contributed by atoms with E-state index in [1.807, 2.05) is 39.0 Å². The molecule has 0 fully saturated rings. The molecule has 1 aromatic heterocycles. The first-order valence-electron chi connectivity index (χ1n) is 6.38. The Balaban J connectivity index is 2.46. The Bertz CT molecular complexity index is 647. The van der Waals surface area contributed by atoms with Crippen LogP contribution in [0, 0.1) is 12.8 Å². The predicted octanol–water partition coefficient (Wildman–Crippen LogP) is 4.31. The number of aromatic carboxylic acids is 1. The molecule has 5 heteroatoms. The fourth-order valence-corrected chi connectivity index (χ4v) is 2.19. The molecular weight excluding hydrogens is 322 g/mol. The van der Waals surface area contributed by atoms with Crippen molar-refractivity contribution >= 4 is 21.9 Å². The van der Waals surface area contributed by atoms with E-state index in [2.05, 4.69) is 20.9 Å². The van der Waals surface area contributed by atoms with E-state index < -0.39 is 5.97 Å². The number of carboxylic acids is 1. The fourth-order valence-electron chi connectivity index (χ4n) is 1.95. The molecule has 0 aliphatic carbocycles. The van der Waals surface area contributed by atoms with Crippen LogP contribution in [0.5, 0.6) is 0 Å². The van der Waals surface area contributed by atoms with E-state index in [1.165, 1.54) is 0 Å². The highest BCUT2D eigenvalue weighted by atomic mass is 79.9. The molecule has 0 radical (unpaired) electrons. The van der Waals surface area contributed by atoms with Crippen LogP contribution < -0.4 is 0 Å². The van der Waals surface area contributed by atoms with Crippen molar-refractivity contribution < 1.29 is 14.3 Å². The predicted molar refractivity (Wildman–Crippen MR) is 79.9 cm³/mol. The molecule has 1 heterocycles. The number of hydrogen-bond donors (Lipinski definition) is 1. The van der Waals surface area contributed by atoms with Crippen LogP contribution in [-0.2, 0) is 6.42 Å². The molecular formula is C15H16BrNO3. The monoisotopic (exact) mass is 337 g/mol. The third-order valence-electron chi connectivity index (χ3n) is 2.90. The van der Waals surface area contributed by atoms with Gasteiger partial charge in [0.15, 0.2) is 0 Å². The second-order valence-electron chi connectivity index (χ2n) is 5.16. The number of oxazole rings is 1. The lowest BCUT2D eigenvalue weighted by atomic mass is 10.1. The summed E-state index contributed by atoms with van der Waals surface area (Å²) in [6.45, 7) is 6.00. The first-order valence-corrected chi connectivity index (χ1v) is 7.17. The van der Waals surface area contributed by atoms with Crippen molar-refractivity contribution in [2.45, 2.75) is 27.2 Å². The van der Waals surface area contributed by atoms with Gasteiger partial charge < -0.3 is 9.52 Å². The van der Waals surface area contributed by atoms with Gasteiger partial charge in [-0.15, -0.1) is 0 Å². The zero-order valence-corrected chi connectivity index (χ0v) is 13.2. The van der Waals surface area contributed by atoms with Crippen molar-refractivity contribution in [3.8, 4) is 11.5 Å². The number of halogens is 1. The first kappa shape index (κ1) is 14.8. The number of aromatic nitrogens is 1. The molecule has 20 heavy (non-hydrogen) atoms. The summed E-state index contributed by atoms with van der Waals surface area (Å²) in [5, 5.41) is 9.20. The molecule has 0 bridgehead atoms. The van der Waals surface area contributed by atoms with Gasteiger partial charge in [-0.3, -0.25) is 0 Å². The van der Waals surface area contributed by atoms with Gasteiger partial charge in [0.1, 0.15) is 0 Å². The Hall–Kier alpha value is -1.62. The highest BCUT2D eigenvalue weighted by molar-refractivity contribution is 9.10. The van der Waals surface area contributed by atoms with Crippen LogP contribution in [0.25, 0.3) is 11.5 Å². The molecule has 0 spiro atoms. The summed E-state index contributed by atoms with van der Waals surface area (Å²) in [7, 11) is 0. The molecule has 2 aromatic rings. The molecule has 0 amide bonds. The molecule has 2 rings (SSSR count). The van der Waals surface area contributed by atoms with Crippen molar-refractivity contribution in [1.82, 2.24) is 4.98 Å². The van der Waals surface area contributed by atoms with Gasteiger partial charge in [-0.2, -0.15) is 0 Å². The van der Waals surface area contributed by atoms with E-state index in [0.717, 1.165) is 15.6 Å². The van der Waals surface area contributed by atoms with Gasteiger partial charge in [-0.05, 0) is 43.0 Å². The average Bonchev–Trinajstić information content (AvgIpc) is 2.76. The number of benzene rings is 1. The van der Waals surface area contributed by atoms with Crippen molar-refractivity contribution in [3.63, 3.8) is 0 Å². The van der Waals surface area contributed by atoms with Gasteiger partial charge in [0.05, 0.1) is 5.69 Å². The van der Waals surface area contributed by atoms with Crippen LogP contribution in [0.4, 0.5) is 0 Å². The Morgan fingerprint density at radius 2 is 2.15 bits per heavy atom. The molecule has 0 saturated carbocycles. The zero-order chi connectivity index (χ0) is 14.9. The minimum absolute atomic E-state index is 0.0609. The van der Waals surface area contributed by atoms with Crippen LogP contribution in [0.1, 0.15) is 35.7 Å². The summed E-state index contributed by atoms with van der Waals surface area (Å²) < 4.78 is 6.43. The number of carbonyl (C=O) groups is 1. The topological polar surface area (TPSA) is 63.3 Å². The van der Waals surface area contributed by atoms with Crippen LogP contribution in [0.2, 0.25) is 0 Å². The number of carboxylic acid groups (broad SMARTS) is 1. The van der Waals surface area contributed by atoms with E-state index in [1.54, 1.807) is 0 Å². The number of hydrogen-bond acceptors (Lipinski definition) is 3. The van der Waals surface area contributed by atoms with Crippen LogP contribution >= 0.6 is 15.9 Å². The van der Waals surface area contributed by atoms with Crippen molar-refractivity contribution in [1.29, 1.82) is 0 Å². The zero-order valence-electron chi connectivity index (χ0n) is 11.6. The standard InChI is InChI=1S/C15H16BrNO3/c1-8(2)6-12-13(15(18)19)20-14(17-12)10-4-5-11(16)9(3)7-10/h4-5,7-8H,6H2,1-3H3,(H,18,19). The van der Waals surface area contributed by atoms with Crippen LogP contribution in [0.15, 0.2) is 27.1 Å². The fraction of sp³-hybridized carbons (Fsp3) is 0.333. The van der Waals surface area contributed by atoms with E-state index >= 15 is 0 Å². The maximum Gasteiger partial charge on any atom is 0.373 e. The third kappa shape index (κ3) is 3.10. The molecule has 4 nitrogen and oxygen atoms in total. The lowest BCUT2D eigenvalue weighted by Gasteiger charge is -2.00. The molecule has 0 aliphatic rings. The van der Waals surface area contributed by atoms with Crippen molar-refractivity contribution in [2.24, 2.45) is 5.92 Å². The maximum atomic E-state index is 11.2. The Morgan fingerprint density at radius 1 is 1.45 bits per heavy atom. The molecule has 0 atom stereocenters. The minimum atomic E-state index is -1.08. The number of aryl methyl sites for hydroxylation is 1. The third-order valence-corrected chi connectivity index (χ3v) is 3.79. The second-order valence-corrected chi connectivity index (χ2v) is 6.02. The summed E-state index contributed by atoms with van der Waals surface area (Å²) in [6, 6.07) is 5.67. The molecule has 106 valence electrons. The van der Waals surface area contributed by atoms with Gasteiger partial charge >= 0.3 is 5.97 Å². The van der Waals surface area contributed by atoms with Crippen molar-refractivity contribution in [3.05, 3.63) is 39.7 Å². The number of nitrogens with zero attached hydrogens (tertiary/aromatic N) is 1. The summed E-state index contributed by atoms with van der Waals surface area (Å²) in [5.41, 5.74) is 2.33. The van der Waals surface area contributed by atoms with Gasteiger partial charge in [0, 0.05) is 10.0 Å². The van der Waals surface area contributed by atoms with E-state index in [0.29, 0.717) is 23.9 Å². The first-order chi connectivity index (χ1) is 9.38. The molecule has 0 unspecified atom stereocenters. The Morgan fingerprint density at radius 3 is 2.70 bits per heavy atom. The number of rotatable bonds is 4. The molecule has 1 aromatic carbocycles. The maximum absolute atomic E-state index is 11.2. The van der Waals surface area contributed by atoms with Crippen molar-refractivity contribution in [2.75, 3.05) is 0 Å². The quantitative estimate of drug-likeness (QED) is 0.902. The summed E-state index contributed by atoms with van der Waals surface area (Å²) in [4.78, 5) is 15.6. The second kappa shape index (κ2) is 5.79. The smallest absolute Gasteiger partial charge is 0.373 e. The van der Waals surface area contributed by atoms with Crippen LogP contribution in [0.3, 0.4) is 0 Å². The summed E-state index contributed by atoms with van der Waals surface area (Å²) in [6.07, 6.45) is 0.584. The van der Waals surface area contributed by atoms with Gasteiger partial charge in [0.25, 0.3) is 0 Å². The molecule has 0 saturated heterocycles. The lowest BCUT2D eigenvalue weighted by Crippen LogP contribution is -2.03. The molecule has 1 N–H and O–H groups in total. The largest absolute Gasteiger partial charge is 0.475 e. The van der Waals surface area contributed by atoms with E-state index in [-0.39, 0.29) is 5.76 Å². The Kier molecular flexibility index (Phi) is 4.28. The summed E-state index contributed by atoms with van der Waals surface area (Å²) >= 11 is 3.43.